The molecule has 0 unspecified atom stereocenters. The van der Waals surface area contributed by atoms with Crippen molar-refractivity contribution in [1.82, 2.24) is 0 Å². The van der Waals surface area contributed by atoms with Crippen LogP contribution in [0.4, 0.5) is 0 Å². The molecule has 0 atom stereocenters. The summed E-state index contributed by atoms with van der Waals surface area (Å²) < 4.78 is 10.5. The molecule has 0 spiro atoms. The smallest absolute Gasteiger partial charge is 0.343 e. The third-order valence-electron chi connectivity index (χ3n) is 2.45. The second-order valence-corrected chi connectivity index (χ2v) is 3.84. The Kier molecular flexibility index (Phi) is 6.20. The molecule has 0 saturated heterocycles. The van der Waals surface area contributed by atoms with Crippen LogP contribution in [0.25, 0.3) is 0 Å². The van der Waals surface area contributed by atoms with Gasteiger partial charge in [-0.1, -0.05) is 0 Å². The third-order valence-corrected chi connectivity index (χ3v) is 2.45. The van der Waals surface area contributed by atoms with E-state index in [0.717, 1.165) is 0 Å². The molecule has 0 saturated carbocycles. The SMILES string of the molecule is CCOc1ccc(C(=O)Oc2ccc(O)cc2)cc1.[Ru]. The fourth-order valence-electron chi connectivity index (χ4n) is 1.53. The van der Waals surface area contributed by atoms with Crippen LogP contribution in [0.15, 0.2) is 48.5 Å². The van der Waals surface area contributed by atoms with E-state index in [4.69, 9.17) is 14.6 Å². The Labute approximate surface area is 130 Å². The molecule has 0 aliphatic heterocycles. The van der Waals surface area contributed by atoms with Crippen LogP contribution in [-0.4, -0.2) is 17.7 Å². The number of rotatable bonds is 4. The van der Waals surface area contributed by atoms with Crippen molar-refractivity contribution >= 4 is 5.97 Å². The normalized spacial score (nSPS) is 9.45. The molecule has 2 rings (SSSR count). The molecule has 0 heterocycles. The van der Waals surface area contributed by atoms with Crippen LogP contribution in [0.5, 0.6) is 17.2 Å². The Bertz CT molecular complexity index is 549. The predicted molar refractivity (Wildman–Crippen MR) is 70.7 cm³/mol. The Morgan fingerprint density at radius 2 is 1.55 bits per heavy atom. The van der Waals surface area contributed by atoms with Gasteiger partial charge in [0, 0.05) is 19.5 Å². The zero-order valence-electron chi connectivity index (χ0n) is 10.9. The Morgan fingerprint density at radius 1 is 1.00 bits per heavy atom. The van der Waals surface area contributed by atoms with E-state index >= 15 is 0 Å². The molecule has 2 aromatic carbocycles. The van der Waals surface area contributed by atoms with E-state index in [-0.39, 0.29) is 25.2 Å². The average molecular weight is 359 g/mol. The van der Waals surface area contributed by atoms with E-state index in [2.05, 4.69) is 0 Å². The Balaban J connectivity index is 0.00000200. The molecule has 20 heavy (non-hydrogen) atoms. The first-order chi connectivity index (χ1) is 9.19. The molecule has 0 aromatic heterocycles. The number of phenolic OH excluding ortho intramolecular Hbond substituents is 1. The summed E-state index contributed by atoms with van der Waals surface area (Å²) in [6.07, 6.45) is 0. The molecule has 4 nitrogen and oxygen atoms in total. The first-order valence-corrected chi connectivity index (χ1v) is 5.93. The summed E-state index contributed by atoms with van der Waals surface area (Å²) in [5, 5.41) is 9.13. The van der Waals surface area contributed by atoms with Gasteiger partial charge in [-0.05, 0) is 55.5 Å². The van der Waals surface area contributed by atoms with E-state index in [0.29, 0.717) is 23.7 Å². The summed E-state index contributed by atoms with van der Waals surface area (Å²) in [5.41, 5.74) is 0.441. The van der Waals surface area contributed by atoms with E-state index < -0.39 is 5.97 Å². The van der Waals surface area contributed by atoms with Gasteiger partial charge in [0.25, 0.3) is 0 Å². The minimum absolute atomic E-state index is 0. The summed E-state index contributed by atoms with van der Waals surface area (Å²) in [7, 11) is 0. The van der Waals surface area contributed by atoms with Gasteiger partial charge in [0.15, 0.2) is 0 Å². The number of carbonyl (C=O) groups is 1. The molecular weight excluding hydrogens is 345 g/mol. The van der Waals surface area contributed by atoms with Gasteiger partial charge in [0.2, 0.25) is 0 Å². The molecule has 0 aliphatic carbocycles. The van der Waals surface area contributed by atoms with Crippen LogP contribution in [0.1, 0.15) is 17.3 Å². The van der Waals surface area contributed by atoms with Gasteiger partial charge in [-0.2, -0.15) is 0 Å². The Morgan fingerprint density at radius 3 is 2.10 bits per heavy atom. The maximum Gasteiger partial charge on any atom is 0.343 e. The number of ether oxygens (including phenoxy) is 2. The van der Waals surface area contributed by atoms with Crippen LogP contribution >= 0.6 is 0 Å². The largest absolute Gasteiger partial charge is 0.508 e. The first-order valence-electron chi connectivity index (χ1n) is 5.93. The van der Waals surface area contributed by atoms with E-state index in [1.165, 1.54) is 24.3 Å². The van der Waals surface area contributed by atoms with Crippen molar-refractivity contribution in [3.8, 4) is 17.2 Å². The summed E-state index contributed by atoms with van der Waals surface area (Å²) in [5.74, 6) is 0.773. The van der Waals surface area contributed by atoms with Gasteiger partial charge in [-0.25, -0.2) is 4.79 Å². The van der Waals surface area contributed by atoms with Crippen molar-refractivity contribution < 1.29 is 38.9 Å². The fraction of sp³-hybridized carbons (Fsp3) is 0.133. The molecule has 5 heteroatoms. The minimum Gasteiger partial charge on any atom is -0.508 e. The van der Waals surface area contributed by atoms with Gasteiger partial charge < -0.3 is 14.6 Å². The van der Waals surface area contributed by atoms with Crippen LogP contribution in [0.3, 0.4) is 0 Å². The van der Waals surface area contributed by atoms with Crippen LogP contribution in [-0.2, 0) is 19.5 Å². The standard InChI is InChI=1S/C15H14O4.Ru/c1-2-18-13-7-3-11(4-8-13)15(17)19-14-9-5-12(16)6-10-14;/h3-10,16H,2H2,1H3;. The van der Waals surface area contributed by atoms with Crippen molar-refractivity contribution in [3.63, 3.8) is 0 Å². The Hall–Kier alpha value is -1.87. The number of carbonyl (C=O) groups excluding carboxylic acids is 1. The molecular formula is C15H14O4Ru. The predicted octanol–water partition coefficient (Wildman–Crippen LogP) is 3.01. The van der Waals surface area contributed by atoms with Crippen molar-refractivity contribution in [2.45, 2.75) is 6.92 Å². The summed E-state index contributed by atoms with van der Waals surface area (Å²) in [6.45, 7) is 2.48. The number of phenols is 1. The van der Waals surface area contributed by atoms with Gasteiger partial charge >= 0.3 is 5.97 Å². The van der Waals surface area contributed by atoms with Crippen LogP contribution in [0, 0.1) is 0 Å². The van der Waals surface area contributed by atoms with Crippen molar-refractivity contribution in [3.05, 3.63) is 54.1 Å². The van der Waals surface area contributed by atoms with Crippen LogP contribution in [0.2, 0.25) is 0 Å². The minimum atomic E-state index is -0.450. The van der Waals surface area contributed by atoms with Gasteiger partial charge in [0.05, 0.1) is 12.2 Å². The zero-order chi connectivity index (χ0) is 13.7. The van der Waals surface area contributed by atoms with E-state index in [1.54, 1.807) is 24.3 Å². The topological polar surface area (TPSA) is 55.8 Å². The summed E-state index contributed by atoms with van der Waals surface area (Å²) >= 11 is 0. The molecule has 0 aliphatic rings. The number of benzene rings is 2. The van der Waals surface area contributed by atoms with Crippen molar-refractivity contribution in [1.29, 1.82) is 0 Å². The van der Waals surface area contributed by atoms with Gasteiger partial charge in [-0.3, -0.25) is 0 Å². The molecule has 106 valence electrons. The number of hydrogen-bond acceptors (Lipinski definition) is 4. The van der Waals surface area contributed by atoms with Crippen molar-refractivity contribution in [2.75, 3.05) is 6.61 Å². The summed E-state index contributed by atoms with van der Waals surface area (Å²) in [4.78, 5) is 11.8. The molecule has 0 bridgehead atoms. The monoisotopic (exact) mass is 360 g/mol. The number of aromatic hydroxyl groups is 1. The average Bonchev–Trinajstić information content (AvgIpc) is 2.42. The quantitative estimate of drug-likeness (QED) is 0.518. The molecule has 2 aromatic rings. The molecule has 0 amide bonds. The molecule has 0 radical (unpaired) electrons. The van der Waals surface area contributed by atoms with Gasteiger partial charge in [0.1, 0.15) is 17.2 Å². The van der Waals surface area contributed by atoms with E-state index in [9.17, 15) is 4.79 Å². The maximum absolute atomic E-state index is 11.8. The summed E-state index contributed by atoms with van der Waals surface area (Å²) in [6, 6.07) is 12.7. The van der Waals surface area contributed by atoms with Crippen molar-refractivity contribution in [2.24, 2.45) is 0 Å². The maximum atomic E-state index is 11.8. The molecule has 1 N–H and O–H groups in total. The van der Waals surface area contributed by atoms with Gasteiger partial charge in [-0.15, -0.1) is 0 Å². The van der Waals surface area contributed by atoms with E-state index in [1.807, 2.05) is 6.92 Å². The first kappa shape index (κ1) is 16.2. The molecule has 0 fully saturated rings. The second kappa shape index (κ2) is 7.66. The number of hydrogen-bond donors (Lipinski definition) is 1. The fourth-order valence-corrected chi connectivity index (χ4v) is 1.53. The second-order valence-electron chi connectivity index (χ2n) is 3.84. The third kappa shape index (κ3) is 4.35. The van der Waals surface area contributed by atoms with Crippen LogP contribution < -0.4 is 9.47 Å². The number of esters is 1. The zero-order valence-corrected chi connectivity index (χ0v) is 12.6.